The van der Waals surface area contributed by atoms with Crippen molar-refractivity contribution < 1.29 is 14.1 Å². The largest absolute Gasteiger partial charge is 0.339 e. The van der Waals surface area contributed by atoms with Gasteiger partial charge < -0.3 is 14.3 Å². The standard InChI is InChI=1S/C19H25N5O3/c1-13(2)17-21-16(22-27-17)12-23(3)18(25)15-6-10-24(11-7-15)19(26)14-4-8-20-9-5-14/h4-5,8-9,13,15H,6-7,10-12H2,1-3H3. The van der Waals surface area contributed by atoms with Crippen LogP contribution in [0.4, 0.5) is 0 Å². The second-order valence-electron chi connectivity index (χ2n) is 7.20. The Bertz CT molecular complexity index is 782. The van der Waals surface area contributed by atoms with Crippen LogP contribution in [0.2, 0.25) is 0 Å². The van der Waals surface area contributed by atoms with Crippen molar-refractivity contribution in [3.8, 4) is 0 Å². The molecule has 144 valence electrons. The van der Waals surface area contributed by atoms with Crippen LogP contribution in [0.25, 0.3) is 0 Å². The first-order valence-electron chi connectivity index (χ1n) is 9.22. The first-order valence-corrected chi connectivity index (χ1v) is 9.22. The molecule has 0 bridgehead atoms. The maximum absolute atomic E-state index is 12.7. The van der Waals surface area contributed by atoms with Crippen molar-refractivity contribution in [2.45, 2.75) is 39.2 Å². The average molecular weight is 371 g/mol. The Labute approximate surface area is 158 Å². The second kappa shape index (κ2) is 8.28. The van der Waals surface area contributed by atoms with E-state index in [9.17, 15) is 9.59 Å². The fourth-order valence-electron chi connectivity index (χ4n) is 3.17. The van der Waals surface area contributed by atoms with E-state index < -0.39 is 0 Å². The van der Waals surface area contributed by atoms with Gasteiger partial charge in [0.25, 0.3) is 5.91 Å². The van der Waals surface area contributed by atoms with E-state index in [4.69, 9.17) is 4.52 Å². The third-order valence-electron chi connectivity index (χ3n) is 4.79. The number of amides is 2. The van der Waals surface area contributed by atoms with Crippen molar-refractivity contribution in [3.05, 3.63) is 41.8 Å². The number of hydrogen-bond donors (Lipinski definition) is 0. The third kappa shape index (κ3) is 4.50. The first kappa shape index (κ1) is 19.0. The molecule has 1 saturated heterocycles. The second-order valence-corrected chi connectivity index (χ2v) is 7.20. The molecule has 1 aliphatic rings. The molecule has 0 spiro atoms. The van der Waals surface area contributed by atoms with Gasteiger partial charge in [0.1, 0.15) is 0 Å². The molecule has 0 atom stereocenters. The molecule has 8 nitrogen and oxygen atoms in total. The summed E-state index contributed by atoms with van der Waals surface area (Å²) in [5.74, 6) is 1.21. The van der Waals surface area contributed by atoms with Crippen molar-refractivity contribution in [2.24, 2.45) is 5.92 Å². The summed E-state index contributed by atoms with van der Waals surface area (Å²) in [6.45, 7) is 5.43. The monoisotopic (exact) mass is 371 g/mol. The summed E-state index contributed by atoms with van der Waals surface area (Å²) in [5, 5.41) is 3.94. The Kier molecular flexibility index (Phi) is 5.83. The van der Waals surface area contributed by atoms with Gasteiger partial charge in [0.15, 0.2) is 5.82 Å². The minimum absolute atomic E-state index is 0.00957. The summed E-state index contributed by atoms with van der Waals surface area (Å²) in [6.07, 6.45) is 4.54. The number of pyridine rings is 1. The molecule has 2 aromatic rings. The number of likely N-dealkylation sites (tertiary alicyclic amines) is 1. The zero-order valence-electron chi connectivity index (χ0n) is 16.0. The van der Waals surface area contributed by atoms with Crippen LogP contribution in [0.5, 0.6) is 0 Å². The van der Waals surface area contributed by atoms with E-state index in [1.54, 1.807) is 41.4 Å². The van der Waals surface area contributed by atoms with Gasteiger partial charge in [-0.05, 0) is 25.0 Å². The van der Waals surface area contributed by atoms with Gasteiger partial charge in [-0.15, -0.1) is 0 Å². The lowest BCUT2D eigenvalue weighted by Crippen LogP contribution is -2.43. The average Bonchev–Trinajstić information content (AvgIpc) is 3.16. The molecule has 0 aliphatic carbocycles. The molecule has 0 aromatic carbocycles. The topological polar surface area (TPSA) is 92.4 Å². The quantitative estimate of drug-likeness (QED) is 0.799. The summed E-state index contributed by atoms with van der Waals surface area (Å²) >= 11 is 0. The van der Waals surface area contributed by atoms with Crippen LogP contribution in [0.3, 0.4) is 0 Å². The van der Waals surface area contributed by atoms with Crippen molar-refractivity contribution in [1.82, 2.24) is 24.9 Å². The van der Waals surface area contributed by atoms with Gasteiger partial charge in [-0.2, -0.15) is 4.98 Å². The van der Waals surface area contributed by atoms with Gasteiger partial charge >= 0.3 is 0 Å². The minimum atomic E-state index is -0.0899. The van der Waals surface area contributed by atoms with Crippen molar-refractivity contribution in [3.63, 3.8) is 0 Å². The molecule has 3 rings (SSSR count). The highest BCUT2D eigenvalue weighted by Gasteiger charge is 2.30. The fraction of sp³-hybridized carbons (Fsp3) is 0.526. The van der Waals surface area contributed by atoms with E-state index >= 15 is 0 Å². The zero-order valence-corrected chi connectivity index (χ0v) is 16.0. The van der Waals surface area contributed by atoms with Gasteiger partial charge in [-0.25, -0.2) is 0 Å². The van der Waals surface area contributed by atoms with E-state index in [2.05, 4.69) is 15.1 Å². The molecule has 2 aromatic heterocycles. The van der Waals surface area contributed by atoms with Crippen LogP contribution < -0.4 is 0 Å². The molecule has 0 saturated carbocycles. The van der Waals surface area contributed by atoms with Crippen LogP contribution in [-0.2, 0) is 11.3 Å². The Morgan fingerprint density at radius 2 is 1.93 bits per heavy atom. The van der Waals surface area contributed by atoms with E-state index in [1.165, 1.54) is 0 Å². The van der Waals surface area contributed by atoms with E-state index in [0.717, 1.165) is 0 Å². The molecule has 2 amide bonds. The van der Waals surface area contributed by atoms with E-state index in [0.29, 0.717) is 49.8 Å². The van der Waals surface area contributed by atoms with Gasteiger partial charge in [0, 0.05) is 49.9 Å². The third-order valence-corrected chi connectivity index (χ3v) is 4.79. The van der Waals surface area contributed by atoms with Crippen molar-refractivity contribution >= 4 is 11.8 Å². The van der Waals surface area contributed by atoms with Gasteiger partial charge in [0.2, 0.25) is 11.8 Å². The molecule has 1 aliphatic heterocycles. The van der Waals surface area contributed by atoms with Crippen molar-refractivity contribution in [2.75, 3.05) is 20.1 Å². The Morgan fingerprint density at radius 1 is 1.26 bits per heavy atom. The molecule has 0 unspecified atom stereocenters. The maximum atomic E-state index is 12.7. The Balaban J connectivity index is 1.52. The number of carbonyl (C=O) groups excluding carboxylic acids is 2. The summed E-state index contributed by atoms with van der Waals surface area (Å²) in [7, 11) is 1.75. The zero-order chi connectivity index (χ0) is 19.4. The first-order chi connectivity index (χ1) is 13.0. The molecular formula is C19H25N5O3. The number of rotatable bonds is 5. The smallest absolute Gasteiger partial charge is 0.253 e. The lowest BCUT2D eigenvalue weighted by atomic mass is 9.95. The van der Waals surface area contributed by atoms with E-state index in [1.807, 2.05) is 13.8 Å². The number of aromatic nitrogens is 3. The van der Waals surface area contributed by atoms with Crippen molar-refractivity contribution in [1.29, 1.82) is 0 Å². The SMILES string of the molecule is CC(C)c1nc(CN(C)C(=O)C2CCN(C(=O)c3ccncc3)CC2)no1. The highest BCUT2D eigenvalue weighted by atomic mass is 16.5. The maximum Gasteiger partial charge on any atom is 0.253 e. The van der Waals surface area contributed by atoms with Gasteiger partial charge in [0.05, 0.1) is 6.54 Å². The minimum Gasteiger partial charge on any atom is -0.339 e. The highest BCUT2D eigenvalue weighted by Crippen LogP contribution is 2.21. The molecule has 0 radical (unpaired) electrons. The van der Waals surface area contributed by atoms with Crippen LogP contribution in [0.15, 0.2) is 29.0 Å². The predicted octanol–water partition coefficient (Wildman–Crippen LogP) is 2.10. The fourth-order valence-corrected chi connectivity index (χ4v) is 3.17. The predicted molar refractivity (Wildman–Crippen MR) is 97.7 cm³/mol. The van der Waals surface area contributed by atoms with Crippen LogP contribution in [0.1, 0.15) is 54.7 Å². The molecule has 1 fully saturated rings. The summed E-state index contributed by atoms with van der Waals surface area (Å²) in [6, 6.07) is 3.42. The number of piperidine rings is 1. The number of hydrogen-bond acceptors (Lipinski definition) is 6. The number of nitrogens with zero attached hydrogens (tertiary/aromatic N) is 5. The number of carbonyl (C=O) groups is 2. The molecular weight excluding hydrogens is 346 g/mol. The van der Waals surface area contributed by atoms with E-state index in [-0.39, 0.29) is 23.7 Å². The molecule has 0 N–H and O–H groups in total. The molecule has 27 heavy (non-hydrogen) atoms. The molecule has 8 heteroatoms. The Morgan fingerprint density at radius 3 is 2.52 bits per heavy atom. The van der Waals surface area contributed by atoms with Crippen LogP contribution in [-0.4, -0.2) is 56.9 Å². The normalized spacial score (nSPS) is 15.2. The highest BCUT2D eigenvalue weighted by molar-refractivity contribution is 5.94. The van der Waals surface area contributed by atoms with Gasteiger partial charge in [-0.1, -0.05) is 19.0 Å². The van der Waals surface area contributed by atoms with Gasteiger partial charge in [-0.3, -0.25) is 14.6 Å². The summed E-state index contributed by atoms with van der Waals surface area (Å²) in [4.78, 5) is 36.9. The summed E-state index contributed by atoms with van der Waals surface area (Å²) in [5.41, 5.74) is 0.630. The Hall–Kier alpha value is -2.77. The lowest BCUT2D eigenvalue weighted by molar-refractivity contribution is -0.136. The molecule has 3 heterocycles. The summed E-state index contributed by atoms with van der Waals surface area (Å²) < 4.78 is 5.19. The lowest BCUT2D eigenvalue weighted by Gasteiger charge is -2.33. The van der Waals surface area contributed by atoms with Crippen LogP contribution in [0, 0.1) is 5.92 Å². The van der Waals surface area contributed by atoms with Crippen LogP contribution >= 0.6 is 0 Å².